The van der Waals surface area contributed by atoms with Crippen molar-refractivity contribution in [1.82, 2.24) is 4.90 Å². The van der Waals surface area contributed by atoms with Crippen LogP contribution in [0, 0.1) is 0 Å². The molecule has 1 aliphatic rings. The molecule has 0 N–H and O–H groups in total. The Morgan fingerprint density at radius 2 is 1.57 bits per heavy atom. The number of hydrogen-bond acceptors (Lipinski definition) is 5. The van der Waals surface area contributed by atoms with E-state index in [1.807, 2.05) is 0 Å². The van der Waals surface area contributed by atoms with Gasteiger partial charge in [0.05, 0.1) is 47.4 Å². The van der Waals surface area contributed by atoms with Crippen molar-refractivity contribution in [2.75, 3.05) is 26.3 Å². The Labute approximate surface area is 263 Å². The monoisotopic (exact) mass is 703 g/mol. The molecule has 0 aromatic heterocycles. The number of alkyl halides is 6. The molecule has 1 amide bonds. The van der Waals surface area contributed by atoms with Gasteiger partial charge >= 0.3 is 12.4 Å². The lowest BCUT2D eigenvalue weighted by Crippen LogP contribution is -2.53. The molecule has 44 heavy (non-hydrogen) atoms. The zero-order chi connectivity index (χ0) is 32.7. The van der Waals surface area contributed by atoms with Crippen LogP contribution in [0.4, 0.5) is 26.3 Å². The summed E-state index contributed by atoms with van der Waals surface area (Å²) in [6, 6.07) is 8.98. The summed E-state index contributed by atoms with van der Waals surface area (Å²) in [5.74, 6) is -0.846. The number of rotatable bonds is 7. The van der Waals surface area contributed by atoms with Gasteiger partial charge in [0.1, 0.15) is 10.5 Å². The van der Waals surface area contributed by atoms with Gasteiger partial charge in [-0.05, 0) is 66.6 Å². The number of nitrogens with zero attached hydrogens (tertiary/aromatic N) is 1. The summed E-state index contributed by atoms with van der Waals surface area (Å²) < 4.78 is 118. The highest BCUT2D eigenvalue weighted by molar-refractivity contribution is 7.86. The molecular weight excluding hydrogens is 683 g/mol. The third-order valence-corrected chi connectivity index (χ3v) is 9.20. The van der Waals surface area contributed by atoms with Crippen LogP contribution in [-0.4, -0.2) is 45.5 Å². The van der Waals surface area contributed by atoms with E-state index in [0.717, 1.165) is 4.90 Å². The van der Waals surface area contributed by atoms with Gasteiger partial charge in [-0.15, -0.1) is 0 Å². The topological polar surface area (TPSA) is 72.9 Å². The van der Waals surface area contributed by atoms with E-state index < -0.39 is 63.6 Å². The zero-order valence-corrected chi connectivity index (χ0v) is 25.6. The summed E-state index contributed by atoms with van der Waals surface area (Å²) in [5, 5.41) is 0.286. The fraction of sp³-hybridized carbons (Fsp3) is 0.321. The van der Waals surface area contributed by atoms with Crippen molar-refractivity contribution in [3.8, 4) is 0 Å². The highest BCUT2D eigenvalue weighted by Crippen LogP contribution is 2.43. The van der Waals surface area contributed by atoms with E-state index in [1.165, 1.54) is 43.3 Å². The van der Waals surface area contributed by atoms with Crippen molar-refractivity contribution in [2.24, 2.45) is 0 Å². The van der Waals surface area contributed by atoms with Crippen molar-refractivity contribution in [3.05, 3.63) is 97.5 Å². The van der Waals surface area contributed by atoms with Crippen LogP contribution in [0.2, 0.25) is 15.1 Å². The van der Waals surface area contributed by atoms with Gasteiger partial charge in [0.25, 0.3) is 10.1 Å². The molecule has 16 heteroatoms. The van der Waals surface area contributed by atoms with Crippen LogP contribution in [0.25, 0.3) is 0 Å². The van der Waals surface area contributed by atoms with E-state index in [1.54, 1.807) is 0 Å². The predicted molar refractivity (Wildman–Crippen MR) is 150 cm³/mol. The largest absolute Gasteiger partial charge is 0.416 e. The van der Waals surface area contributed by atoms with E-state index >= 15 is 0 Å². The highest BCUT2D eigenvalue weighted by atomic mass is 35.5. The standard InChI is InChI=1S/C28H22Cl3F6NO5S/c1-2-43-44(40,41)24-6-4-20(29)14-21(24)26(17-3-5-22(30)23(31)13-17)15-38(7-8-42-26)25(39)11-16-9-18(27(32,33)34)12-19(10-16)28(35,36)37/h3-6,9-10,12-14H,2,7-8,11,15H2,1H3/t26-/m1/s1. The van der Waals surface area contributed by atoms with Gasteiger partial charge in [-0.2, -0.15) is 34.8 Å². The van der Waals surface area contributed by atoms with E-state index in [4.69, 9.17) is 43.7 Å². The lowest BCUT2D eigenvalue weighted by molar-refractivity contribution is -0.147. The number of carbonyl (C=O) groups is 1. The van der Waals surface area contributed by atoms with Gasteiger partial charge in [0.2, 0.25) is 5.91 Å². The molecule has 3 aromatic carbocycles. The molecule has 1 saturated heterocycles. The summed E-state index contributed by atoms with van der Waals surface area (Å²) in [5.41, 5.74) is -5.26. The van der Waals surface area contributed by atoms with Crippen molar-refractivity contribution in [3.63, 3.8) is 0 Å². The summed E-state index contributed by atoms with van der Waals surface area (Å²) in [6.45, 7) is 0.470. The van der Waals surface area contributed by atoms with Crippen molar-refractivity contribution < 1.29 is 48.5 Å². The average molecular weight is 705 g/mol. The molecule has 0 aliphatic carbocycles. The van der Waals surface area contributed by atoms with Crippen molar-refractivity contribution >= 4 is 50.8 Å². The van der Waals surface area contributed by atoms with Gasteiger partial charge in [0, 0.05) is 17.1 Å². The van der Waals surface area contributed by atoms with Gasteiger partial charge in [0.15, 0.2) is 0 Å². The van der Waals surface area contributed by atoms with Crippen molar-refractivity contribution in [2.45, 2.75) is 36.2 Å². The molecule has 4 rings (SSSR count). The molecule has 0 bridgehead atoms. The Kier molecular flexibility index (Phi) is 9.90. The Balaban J connectivity index is 1.83. The first-order chi connectivity index (χ1) is 20.4. The molecule has 3 aromatic rings. The fourth-order valence-electron chi connectivity index (χ4n) is 4.84. The molecule has 0 unspecified atom stereocenters. The maximum Gasteiger partial charge on any atom is 0.416 e. The smallest absolute Gasteiger partial charge is 0.362 e. The first-order valence-electron chi connectivity index (χ1n) is 12.7. The van der Waals surface area contributed by atoms with Crippen LogP contribution >= 0.6 is 34.8 Å². The third-order valence-electron chi connectivity index (χ3n) is 6.78. The SMILES string of the molecule is CCOS(=O)(=O)c1ccc(Cl)cc1[C@]1(c2ccc(Cl)c(Cl)c2)CN(C(=O)Cc2cc(C(F)(F)F)cc(C(F)(F)F)c2)CCO1. The molecule has 0 saturated carbocycles. The summed E-state index contributed by atoms with van der Waals surface area (Å²) in [6.07, 6.45) is -11.0. The number of carbonyl (C=O) groups excluding carboxylic acids is 1. The van der Waals surface area contributed by atoms with E-state index in [-0.39, 0.29) is 56.9 Å². The van der Waals surface area contributed by atoms with Gasteiger partial charge < -0.3 is 9.64 Å². The Morgan fingerprint density at radius 1 is 0.932 bits per heavy atom. The van der Waals surface area contributed by atoms with Crippen LogP contribution in [0.15, 0.2) is 59.5 Å². The minimum absolute atomic E-state index is 0.0303. The van der Waals surface area contributed by atoms with E-state index in [2.05, 4.69) is 0 Å². The quantitative estimate of drug-likeness (QED) is 0.186. The normalized spacial score (nSPS) is 18.0. The number of hydrogen-bond donors (Lipinski definition) is 0. The second kappa shape index (κ2) is 12.7. The zero-order valence-electron chi connectivity index (χ0n) is 22.5. The molecule has 1 heterocycles. The lowest BCUT2D eigenvalue weighted by atomic mass is 9.84. The number of benzene rings is 3. The first kappa shape index (κ1) is 34.3. The van der Waals surface area contributed by atoms with Gasteiger partial charge in [-0.25, -0.2) is 0 Å². The molecule has 0 radical (unpaired) electrons. The third kappa shape index (κ3) is 7.29. The predicted octanol–water partition coefficient (Wildman–Crippen LogP) is 7.75. The Bertz CT molecular complexity index is 1650. The van der Waals surface area contributed by atoms with Crippen LogP contribution in [-0.2, 0) is 48.2 Å². The number of amides is 1. The second-order valence-corrected chi connectivity index (χ2v) is 12.5. The molecule has 238 valence electrons. The number of ether oxygens (including phenoxy) is 1. The minimum atomic E-state index is -5.10. The van der Waals surface area contributed by atoms with E-state index in [9.17, 15) is 39.6 Å². The summed E-state index contributed by atoms with van der Waals surface area (Å²) in [7, 11) is -4.41. The fourth-order valence-corrected chi connectivity index (χ4v) is 6.47. The number of halogens is 9. The summed E-state index contributed by atoms with van der Waals surface area (Å²) >= 11 is 18.7. The van der Waals surface area contributed by atoms with Crippen LogP contribution in [0.5, 0.6) is 0 Å². The molecule has 1 atom stereocenters. The van der Waals surface area contributed by atoms with Crippen LogP contribution in [0.1, 0.15) is 34.7 Å². The van der Waals surface area contributed by atoms with Crippen LogP contribution < -0.4 is 0 Å². The molecule has 1 aliphatic heterocycles. The van der Waals surface area contributed by atoms with E-state index in [0.29, 0.717) is 12.1 Å². The Hall–Kier alpha value is -2.55. The summed E-state index contributed by atoms with van der Waals surface area (Å²) in [4.78, 5) is 14.3. The highest BCUT2D eigenvalue weighted by Gasteiger charge is 2.45. The Morgan fingerprint density at radius 3 is 2.14 bits per heavy atom. The maximum atomic E-state index is 13.5. The van der Waals surface area contributed by atoms with Gasteiger partial charge in [-0.3, -0.25) is 8.98 Å². The average Bonchev–Trinajstić information content (AvgIpc) is 2.93. The molecule has 1 fully saturated rings. The molecule has 6 nitrogen and oxygen atoms in total. The van der Waals surface area contributed by atoms with Crippen molar-refractivity contribution in [1.29, 1.82) is 0 Å². The van der Waals surface area contributed by atoms with Gasteiger partial charge in [-0.1, -0.05) is 40.9 Å². The maximum absolute atomic E-state index is 13.5. The molecule has 0 spiro atoms. The molecular formula is C28H22Cl3F6NO5S. The van der Waals surface area contributed by atoms with Crippen LogP contribution in [0.3, 0.4) is 0 Å². The second-order valence-electron chi connectivity index (χ2n) is 9.71. The first-order valence-corrected chi connectivity index (χ1v) is 15.3. The lowest BCUT2D eigenvalue weighted by Gasteiger charge is -2.44. The minimum Gasteiger partial charge on any atom is -0.362 e. The number of morpholine rings is 1.